The maximum Gasteiger partial charge on any atom is 0.209 e. The van der Waals surface area contributed by atoms with Crippen LogP contribution in [0.4, 0.5) is 0 Å². The van der Waals surface area contributed by atoms with Gasteiger partial charge in [0.25, 0.3) is 0 Å². The maximum absolute atomic E-state index is 11.4. The van der Waals surface area contributed by atoms with Crippen molar-refractivity contribution in [2.24, 2.45) is 12.0 Å². The fourth-order valence-corrected chi connectivity index (χ4v) is 3.28. The minimum atomic E-state index is -3.25. The zero-order chi connectivity index (χ0) is 17.0. The van der Waals surface area contributed by atoms with Crippen LogP contribution >= 0.6 is 24.0 Å². The molecule has 0 spiro atoms. The molecule has 1 aromatic rings. The van der Waals surface area contributed by atoms with Crippen LogP contribution < -0.4 is 10.0 Å². The Labute approximate surface area is 156 Å². The Balaban J connectivity index is 0.00000484. The average molecular weight is 457 g/mol. The highest BCUT2D eigenvalue weighted by atomic mass is 127. The summed E-state index contributed by atoms with van der Waals surface area (Å²) in [5.41, 5.74) is 0.564. The highest BCUT2D eigenvalue weighted by molar-refractivity contribution is 14.0. The molecule has 0 radical (unpaired) electrons. The normalized spacial score (nSPS) is 12.7. The van der Waals surface area contributed by atoms with Crippen molar-refractivity contribution >= 4 is 40.0 Å². The first-order valence-electron chi connectivity index (χ1n) is 7.05. The smallest absolute Gasteiger partial charge is 0.209 e. The van der Waals surface area contributed by atoms with Gasteiger partial charge in [0.15, 0.2) is 5.96 Å². The van der Waals surface area contributed by atoms with Crippen LogP contribution in [-0.2, 0) is 23.6 Å². The summed E-state index contributed by atoms with van der Waals surface area (Å²) in [6.45, 7) is 4.80. The van der Waals surface area contributed by atoms with Gasteiger partial charge in [-0.2, -0.15) is 0 Å². The summed E-state index contributed by atoms with van der Waals surface area (Å²) in [6, 6.07) is 4.05. The van der Waals surface area contributed by atoms with Crippen LogP contribution in [0.1, 0.15) is 19.5 Å². The lowest BCUT2D eigenvalue weighted by Crippen LogP contribution is -2.53. The number of guanidine groups is 1. The molecule has 23 heavy (non-hydrogen) atoms. The maximum atomic E-state index is 11.4. The number of aryl methyl sites for hydroxylation is 1. The number of aliphatic imine (C=N–C) groups is 1. The van der Waals surface area contributed by atoms with Crippen LogP contribution in [0.5, 0.6) is 0 Å². The lowest BCUT2D eigenvalue weighted by atomic mass is 10.1. The molecule has 9 heteroatoms. The lowest BCUT2D eigenvalue weighted by molar-refractivity contribution is 0.418. The van der Waals surface area contributed by atoms with Crippen molar-refractivity contribution in [3.63, 3.8) is 0 Å². The number of hydrogen-bond donors (Lipinski definition) is 2. The van der Waals surface area contributed by atoms with Gasteiger partial charge in [-0.25, -0.2) is 13.1 Å². The predicted molar refractivity (Wildman–Crippen MR) is 106 cm³/mol. The van der Waals surface area contributed by atoms with Crippen molar-refractivity contribution in [3.8, 4) is 0 Å². The van der Waals surface area contributed by atoms with E-state index in [0.29, 0.717) is 19.0 Å². The molecule has 0 atom stereocenters. The molecule has 1 heterocycles. The molecule has 0 aliphatic rings. The SMILES string of the molecule is CN=C(NCC(C)(C)NS(C)(=O)=O)N(C)Cc1cccn1C.I. The second-order valence-electron chi connectivity index (χ2n) is 6.13. The third-order valence-electron chi connectivity index (χ3n) is 3.17. The number of sulfonamides is 1. The van der Waals surface area contributed by atoms with E-state index < -0.39 is 15.6 Å². The molecule has 0 aliphatic carbocycles. The van der Waals surface area contributed by atoms with Gasteiger partial charge in [0, 0.05) is 45.1 Å². The molecular weight excluding hydrogens is 429 g/mol. The van der Waals surface area contributed by atoms with E-state index in [4.69, 9.17) is 0 Å². The minimum Gasteiger partial charge on any atom is -0.354 e. The van der Waals surface area contributed by atoms with Crippen LogP contribution in [0.3, 0.4) is 0 Å². The van der Waals surface area contributed by atoms with E-state index in [1.165, 1.54) is 5.69 Å². The number of nitrogens with one attached hydrogen (secondary N) is 2. The third kappa shape index (κ3) is 8.02. The second-order valence-corrected chi connectivity index (χ2v) is 7.87. The summed E-state index contributed by atoms with van der Waals surface area (Å²) in [7, 11) is 2.40. The second kappa shape index (κ2) is 8.88. The topological polar surface area (TPSA) is 78.7 Å². The first-order valence-corrected chi connectivity index (χ1v) is 8.94. The van der Waals surface area contributed by atoms with Crippen LogP contribution in [0, 0.1) is 0 Å². The van der Waals surface area contributed by atoms with Crippen LogP contribution in [0.25, 0.3) is 0 Å². The van der Waals surface area contributed by atoms with Crippen molar-refractivity contribution in [1.29, 1.82) is 0 Å². The van der Waals surface area contributed by atoms with Crippen molar-refractivity contribution in [2.75, 3.05) is 26.9 Å². The Morgan fingerprint density at radius 2 is 2.04 bits per heavy atom. The lowest BCUT2D eigenvalue weighted by Gasteiger charge is -2.29. The van der Waals surface area contributed by atoms with E-state index >= 15 is 0 Å². The van der Waals surface area contributed by atoms with E-state index in [2.05, 4.69) is 25.7 Å². The van der Waals surface area contributed by atoms with Crippen molar-refractivity contribution in [1.82, 2.24) is 19.5 Å². The predicted octanol–water partition coefficient (Wildman–Crippen LogP) is 0.978. The first-order chi connectivity index (χ1) is 10.0. The molecule has 0 bridgehead atoms. The molecule has 2 N–H and O–H groups in total. The Morgan fingerprint density at radius 3 is 2.48 bits per heavy atom. The van der Waals surface area contributed by atoms with Crippen molar-refractivity contribution in [2.45, 2.75) is 25.9 Å². The number of nitrogens with zero attached hydrogens (tertiary/aromatic N) is 3. The van der Waals surface area contributed by atoms with Gasteiger partial charge in [-0.3, -0.25) is 4.99 Å². The zero-order valence-corrected chi connectivity index (χ0v) is 17.8. The largest absolute Gasteiger partial charge is 0.354 e. The van der Waals surface area contributed by atoms with E-state index in [9.17, 15) is 8.42 Å². The molecule has 1 aromatic heterocycles. The molecular formula is C14H28IN5O2S. The van der Waals surface area contributed by atoms with Crippen LogP contribution in [0.2, 0.25) is 0 Å². The fraction of sp³-hybridized carbons (Fsp3) is 0.643. The van der Waals surface area contributed by atoms with Gasteiger partial charge in [0.2, 0.25) is 10.0 Å². The summed E-state index contributed by atoms with van der Waals surface area (Å²) >= 11 is 0. The van der Waals surface area contributed by atoms with E-state index in [0.717, 1.165) is 6.26 Å². The number of halogens is 1. The molecule has 0 aliphatic heterocycles. The van der Waals surface area contributed by atoms with Gasteiger partial charge in [0.1, 0.15) is 0 Å². The quantitative estimate of drug-likeness (QED) is 0.379. The van der Waals surface area contributed by atoms with Gasteiger partial charge in [-0.05, 0) is 26.0 Å². The Hall–Kier alpha value is -0.810. The molecule has 1 rings (SSSR count). The number of rotatable bonds is 6. The van der Waals surface area contributed by atoms with Gasteiger partial charge in [-0.1, -0.05) is 0 Å². The number of aromatic nitrogens is 1. The van der Waals surface area contributed by atoms with Crippen LogP contribution in [-0.4, -0.2) is 56.3 Å². The summed E-state index contributed by atoms with van der Waals surface area (Å²) in [6.07, 6.45) is 3.16. The third-order valence-corrected chi connectivity index (χ3v) is 4.10. The van der Waals surface area contributed by atoms with Crippen molar-refractivity contribution in [3.05, 3.63) is 24.0 Å². The Kier molecular flexibility index (Phi) is 8.57. The highest BCUT2D eigenvalue weighted by Gasteiger charge is 2.23. The summed E-state index contributed by atoms with van der Waals surface area (Å²) in [4.78, 5) is 6.23. The van der Waals surface area contributed by atoms with Gasteiger partial charge < -0.3 is 14.8 Å². The fourth-order valence-electron chi connectivity index (χ4n) is 2.20. The Morgan fingerprint density at radius 1 is 1.43 bits per heavy atom. The molecule has 0 aromatic carbocycles. The van der Waals surface area contributed by atoms with Gasteiger partial charge in [0.05, 0.1) is 12.8 Å². The first kappa shape index (κ1) is 22.2. The van der Waals surface area contributed by atoms with Crippen molar-refractivity contribution < 1.29 is 8.42 Å². The van der Waals surface area contributed by atoms with E-state index in [-0.39, 0.29) is 24.0 Å². The zero-order valence-electron chi connectivity index (χ0n) is 14.6. The molecule has 7 nitrogen and oxygen atoms in total. The molecule has 0 unspecified atom stereocenters. The van der Waals surface area contributed by atoms with Gasteiger partial charge in [-0.15, -0.1) is 24.0 Å². The molecule has 0 amide bonds. The minimum absolute atomic E-state index is 0. The summed E-state index contributed by atoms with van der Waals surface area (Å²) < 4.78 is 27.4. The summed E-state index contributed by atoms with van der Waals surface area (Å²) in [5, 5.41) is 3.20. The van der Waals surface area contributed by atoms with E-state index in [1.54, 1.807) is 7.05 Å². The van der Waals surface area contributed by atoms with E-state index in [1.807, 2.05) is 45.1 Å². The monoisotopic (exact) mass is 457 g/mol. The standard InChI is InChI=1S/C14H27N5O2S.HI/c1-14(2,17-22(6,20)21)11-16-13(15-3)19(5)10-12-8-7-9-18(12)4;/h7-9,17H,10-11H2,1-6H3,(H,15,16);1H. The Bertz CT molecular complexity index is 625. The molecule has 0 saturated carbocycles. The molecule has 134 valence electrons. The molecule has 0 saturated heterocycles. The molecule has 0 fully saturated rings. The van der Waals surface area contributed by atoms with Crippen LogP contribution in [0.15, 0.2) is 23.3 Å². The average Bonchev–Trinajstić information content (AvgIpc) is 2.72. The number of hydrogen-bond acceptors (Lipinski definition) is 3. The summed E-state index contributed by atoms with van der Waals surface area (Å²) in [5.74, 6) is 0.713. The van der Waals surface area contributed by atoms with Gasteiger partial charge >= 0.3 is 0 Å². The highest BCUT2D eigenvalue weighted by Crippen LogP contribution is 2.05.